The Morgan fingerprint density at radius 2 is 2.40 bits per heavy atom. The van der Waals surface area contributed by atoms with E-state index in [2.05, 4.69) is 11.8 Å². The normalized spacial score (nSPS) is 26.0. The van der Waals surface area contributed by atoms with E-state index in [1.54, 1.807) is 6.92 Å². The molecular formula is C8H15NO. The average molecular weight is 141 g/mol. The molecule has 0 aromatic rings. The number of likely N-dealkylation sites (tertiary alicyclic amines) is 1. The van der Waals surface area contributed by atoms with Gasteiger partial charge < -0.3 is 4.90 Å². The van der Waals surface area contributed by atoms with Gasteiger partial charge in [0.1, 0.15) is 5.78 Å². The minimum absolute atomic E-state index is 0.305. The number of carbonyl (C=O) groups is 1. The molecule has 0 aromatic heterocycles. The molecule has 0 bridgehead atoms. The van der Waals surface area contributed by atoms with Gasteiger partial charge in [-0.1, -0.05) is 0 Å². The lowest BCUT2D eigenvalue weighted by Gasteiger charge is -2.38. The highest BCUT2D eigenvalue weighted by Crippen LogP contribution is 2.15. The third-order valence-electron chi connectivity index (χ3n) is 2.21. The summed E-state index contributed by atoms with van der Waals surface area (Å²) in [6, 6.07) is 0.722. The molecule has 0 aliphatic carbocycles. The molecule has 1 heterocycles. The second kappa shape index (κ2) is 3.15. The van der Waals surface area contributed by atoms with Crippen LogP contribution in [0.5, 0.6) is 0 Å². The van der Waals surface area contributed by atoms with Gasteiger partial charge in [0.2, 0.25) is 0 Å². The van der Waals surface area contributed by atoms with Gasteiger partial charge in [0, 0.05) is 19.0 Å². The lowest BCUT2D eigenvalue weighted by molar-refractivity contribution is -0.117. The Morgan fingerprint density at radius 3 is 2.70 bits per heavy atom. The largest absolute Gasteiger partial charge is 0.300 e. The predicted octanol–water partition coefficient (Wildman–Crippen LogP) is 1.06. The van der Waals surface area contributed by atoms with Crippen LogP contribution < -0.4 is 0 Å². The highest BCUT2D eigenvalue weighted by atomic mass is 16.1. The Morgan fingerprint density at radius 1 is 1.70 bits per heavy atom. The van der Waals surface area contributed by atoms with Crippen molar-refractivity contribution in [1.29, 1.82) is 0 Å². The molecule has 0 spiro atoms. The number of hydrogen-bond acceptors (Lipinski definition) is 2. The Bertz CT molecular complexity index is 133. The van der Waals surface area contributed by atoms with E-state index < -0.39 is 0 Å². The minimum atomic E-state index is 0.305. The Balaban J connectivity index is 2.08. The summed E-state index contributed by atoms with van der Waals surface area (Å²) in [5.74, 6) is 0.305. The molecule has 58 valence electrons. The van der Waals surface area contributed by atoms with E-state index in [1.165, 1.54) is 13.0 Å². The van der Waals surface area contributed by atoms with E-state index in [0.717, 1.165) is 19.0 Å². The van der Waals surface area contributed by atoms with Crippen molar-refractivity contribution in [2.45, 2.75) is 32.7 Å². The monoisotopic (exact) mass is 141 g/mol. The molecule has 0 amide bonds. The molecular weight excluding hydrogens is 126 g/mol. The topological polar surface area (TPSA) is 20.3 Å². The van der Waals surface area contributed by atoms with Gasteiger partial charge in [-0.3, -0.25) is 4.79 Å². The van der Waals surface area contributed by atoms with E-state index in [-0.39, 0.29) is 0 Å². The maximum absolute atomic E-state index is 10.6. The molecule has 1 unspecified atom stereocenters. The summed E-state index contributed by atoms with van der Waals surface area (Å²) in [6.07, 6.45) is 2.03. The third-order valence-corrected chi connectivity index (χ3v) is 2.21. The first-order chi connectivity index (χ1) is 4.70. The zero-order chi connectivity index (χ0) is 7.56. The van der Waals surface area contributed by atoms with Gasteiger partial charge in [0.25, 0.3) is 0 Å². The van der Waals surface area contributed by atoms with Crippen molar-refractivity contribution in [3.8, 4) is 0 Å². The van der Waals surface area contributed by atoms with Crippen LogP contribution in [-0.4, -0.2) is 29.8 Å². The van der Waals surface area contributed by atoms with Gasteiger partial charge >= 0.3 is 0 Å². The standard InChI is InChI=1S/C8H15NO/c1-7-3-5-9(7)6-4-8(2)10/h7H,3-6H2,1-2H3. The summed E-state index contributed by atoms with van der Waals surface area (Å²) in [5.41, 5.74) is 0. The SMILES string of the molecule is CC(=O)CCN1CCC1C. The van der Waals surface area contributed by atoms with Gasteiger partial charge in [-0.15, -0.1) is 0 Å². The van der Waals surface area contributed by atoms with Crippen molar-refractivity contribution in [2.75, 3.05) is 13.1 Å². The van der Waals surface area contributed by atoms with Crippen molar-refractivity contribution in [2.24, 2.45) is 0 Å². The summed E-state index contributed by atoms with van der Waals surface area (Å²) < 4.78 is 0. The summed E-state index contributed by atoms with van der Waals surface area (Å²) in [6.45, 7) is 6.03. The second-order valence-electron chi connectivity index (χ2n) is 3.13. The van der Waals surface area contributed by atoms with Crippen molar-refractivity contribution < 1.29 is 4.79 Å². The van der Waals surface area contributed by atoms with Crippen LogP contribution in [0, 0.1) is 0 Å². The highest BCUT2D eigenvalue weighted by Gasteiger charge is 2.22. The highest BCUT2D eigenvalue weighted by molar-refractivity contribution is 5.75. The Hall–Kier alpha value is -0.370. The lowest BCUT2D eigenvalue weighted by atomic mass is 10.1. The van der Waals surface area contributed by atoms with Crippen LogP contribution in [0.15, 0.2) is 0 Å². The third kappa shape index (κ3) is 1.81. The fourth-order valence-corrected chi connectivity index (χ4v) is 1.20. The fourth-order valence-electron chi connectivity index (χ4n) is 1.20. The van der Waals surface area contributed by atoms with Gasteiger partial charge in [0.15, 0.2) is 0 Å². The molecule has 1 atom stereocenters. The van der Waals surface area contributed by atoms with E-state index in [4.69, 9.17) is 0 Å². The van der Waals surface area contributed by atoms with Crippen molar-refractivity contribution in [1.82, 2.24) is 4.90 Å². The van der Waals surface area contributed by atoms with Crippen LogP contribution in [0.1, 0.15) is 26.7 Å². The molecule has 10 heavy (non-hydrogen) atoms. The van der Waals surface area contributed by atoms with Crippen LogP contribution in [0.2, 0.25) is 0 Å². The molecule has 1 saturated heterocycles. The van der Waals surface area contributed by atoms with Gasteiger partial charge in [-0.2, -0.15) is 0 Å². The summed E-state index contributed by atoms with van der Waals surface area (Å²) in [7, 11) is 0. The lowest BCUT2D eigenvalue weighted by Crippen LogP contribution is -2.46. The van der Waals surface area contributed by atoms with Crippen LogP contribution in [-0.2, 0) is 4.79 Å². The van der Waals surface area contributed by atoms with E-state index in [1.807, 2.05) is 0 Å². The van der Waals surface area contributed by atoms with E-state index >= 15 is 0 Å². The fraction of sp³-hybridized carbons (Fsp3) is 0.875. The maximum atomic E-state index is 10.6. The summed E-state index contributed by atoms with van der Waals surface area (Å²) in [5, 5.41) is 0. The summed E-state index contributed by atoms with van der Waals surface area (Å²) in [4.78, 5) is 12.9. The Kier molecular flexibility index (Phi) is 2.44. The number of rotatable bonds is 3. The van der Waals surface area contributed by atoms with Crippen molar-refractivity contribution in [3.05, 3.63) is 0 Å². The molecule has 1 rings (SSSR count). The number of Topliss-reactive ketones (excluding diaryl/α,β-unsaturated/α-hetero) is 1. The van der Waals surface area contributed by atoms with Gasteiger partial charge in [-0.25, -0.2) is 0 Å². The first-order valence-corrected chi connectivity index (χ1v) is 3.93. The Labute approximate surface area is 62.2 Å². The van der Waals surface area contributed by atoms with Gasteiger partial charge in [0.05, 0.1) is 0 Å². The van der Waals surface area contributed by atoms with Crippen molar-refractivity contribution >= 4 is 5.78 Å². The number of nitrogens with zero attached hydrogens (tertiary/aromatic N) is 1. The number of hydrogen-bond donors (Lipinski definition) is 0. The molecule has 0 radical (unpaired) electrons. The zero-order valence-electron chi connectivity index (χ0n) is 6.76. The molecule has 1 aliphatic heterocycles. The smallest absolute Gasteiger partial charge is 0.131 e. The van der Waals surface area contributed by atoms with Crippen LogP contribution in [0.4, 0.5) is 0 Å². The van der Waals surface area contributed by atoms with Crippen LogP contribution >= 0.6 is 0 Å². The molecule has 2 nitrogen and oxygen atoms in total. The first-order valence-electron chi connectivity index (χ1n) is 3.93. The quantitative estimate of drug-likeness (QED) is 0.585. The zero-order valence-corrected chi connectivity index (χ0v) is 6.76. The van der Waals surface area contributed by atoms with E-state index in [0.29, 0.717) is 5.78 Å². The first kappa shape index (κ1) is 7.73. The maximum Gasteiger partial charge on any atom is 0.131 e. The average Bonchev–Trinajstić information content (AvgIpc) is 1.84. The van der Waals surface area contributed by atoms with Crippen LogP contribution in [0.25, 0.3) is 0 Å². The number of ketones is 1. The van der Waals surface area contributed by atoms with E-state index in [9.17, 15) is 4.79 Å². The van der Waals surface area contributed by atoms with Gasteiger partial charge in [-0.05, 0) is 26.8 Å². The molecule has 0 N–H and O–H groups in total. The number of carbonyl (C=O) groups excluding carboxylic acids is 1. The molecule has 1 aliphatic rings. The molecule has 1 fully saturated rings. The molecule has 2 heteroatoms. The predicted molar refractivity (Wildman–Crippen MR) is 41.0 cm³/mol. The summed E-state index contributed by atoms with van der Waals surface area (Å²) >= 11 is 0. The van der Waals surface area contributed by atoms with Crippen LogP contribution in [0.3, 0.4) is 0 Å². The molecule has 0 aromatic carbocycles. The van der Waals surface area contributed by atoms with Crippen molar-refractivity contribution in [3.63, 3.8) is 0 Å². The second-order valence-corrected chi connectivity index (χ2v) is 3.13. The minimum Gasteiger partial charge on any atom is -0.300 e. The molecule has 0 saturated carbocycles.